The fourth-order valence-electron chi connectivity index (χ4n) is 3.60. The van der Waals surface area contributed by atoms with Crippen molar-refractivity contribution in [3.05, 3.63) is 105 Å². The van der Waals surface area contributed by atoms with Crippen LogP contribution in [0.4, 0.5) is 11.6 Å². The summed E-state index contributed by atoms with van der Waals surface area (Å²) in [5.74, 6) is 0.255. The molecular formula is C25H16Cl2N4O. The normalized spacial score (nSPS) is 10.9. The molecule has 0 amide bonds. The highest BCUT2D eigenvalue weighted by molar-refractivity contribution is 6.35. The van der Waals surface area contributed by atoms with Gasteiger partial charge in [0.2, 0.25) is 5.95 Å². The second-order valence-electron chi connectivity index (χ2n) is 7.20. The fourth-order valence-corrected chi connectivity index (χ4v) is 4.12. The number of anilines is 2. The van der Waals surface area contributed by atoms with Gasteiger partial charge in [-0.3, -0.25) is 9.78 Å². The van der Waals surface area contributed by atoms with E-state index in [-0.39, 0.29) is 11.5 Å². The molecule has 32 heavy (non-hydrogen) atoms. The van der Waals surface area contributed by atoms with Crippen LogP contribution in [0, 0.1) is 0 Å². The lowest BCUT2D eigenvalue weighted by molar-refractivity contribution is 1.14. The zero-order valence-electron chi connectivity index (χ0n) is 16.6. The molecular weight excluding hydrogens is 443 g/mol. The van der Waals surface area contributed by atoms with Crippen molar-refractivity contribution in [3.8, 4) is 22.3 Å². The van der Waals surface area contributed by atoms with Gasteiger partial charge in [0, 0.05) is 21.9 Å². The highest BCUT2D eigenvalue weighted by Crippen LogP contribution is 2.28. The van der Waals surface area contributed by atoms with E-state index >= 15 is 0 Å². The molecule has 2 aromatic heterocycles. The Hall–Kier alpha value is -3.67. The van der Waals surface area contributed by atoms with Gasteiger partial charge >= 0.3 is 0 Å². The Kier molecular flexibility index (Phi) is 5.35. The van der Waals surface area contributed by atoms with Crippen molar-refractivity contribution < 1.29 is 0 Å². The van der Waals surface area contributed by atoms with Crippen LogP contribution < -0.4 is 10.9 Å². The minimum Gasteiger partial charge on any atom is -0.326 e. The van der Waals surface area contributed by atoms with Gasteiger partial charge in [0.15, 0.2) is 5.65 Å². The van der Waals surface area contributed by atoms with Crippen LogP contribution in [0.5, 0.6) is 0 Å². The Morgan fingerprint density at radius 2 is 1.44 bits per heavy atom. The minimum absolute atomic E-state index is 0.255. The predicted octanol–water partition coefficient (Wildman–Crippen LogP) is 6.70. The molecule has 7 heteroatoms. The number of fused-ring (bicyclic) bond motifs is 1. The first-order valence-corrected chi connectivity index (χ1v) is 10.6. The van der Waals surface area contributed by atoms with E-state index in [1.54, 1.807) is 24.4 Å². The number of hydrogen-bond donors (Lipinski definition) is 2. The van der Waals surface area contributed by atoms with Gasteiger partial charge in [-0.15, -0.1) is 0 Å². The molecule has 0 bridgehead atoms. The fraction of sp³-hybridized carbons (Fsp3) is 0. The first-order chi connectivity index (χ1) is 15.6. The van der Waals surface area contributed by atoms with E-state index in [2.05, 4.69) is 32.4 Å². The van der Waals surface area contributed by atoms with E-state index in [0.717, 1.165) is 22.3 Å². The van der Waals surface area contributed by atoms with Gasteiger partial charge in [-0.2, -0.15) is 4.98 Å². The number of rotatable bonds is 4. The third kappa shape index (κ3) is 4.08. The summed E-state index contributed by atoms with van der Waals surface area (Å²) >= 11 is 12.1. The molecule has 156 valence electrons. The second-order valence-corrected chi connectivity index (χ2v) is 8.07. The van der Waals surface area contributed by atoms with E-state index in [9.17, 15) is 4.79 Å². The van der Waals surface area contributed by atoms with Crippen LogP contribution in [0.25, 0.3) is 33.3 Å². The average molecular weight is 459 g/mol. The number of benzene rings is 3. The van der Waals surface area contributed by atoms with Gasteiger partial charge in [0.1, 0.15) is 0 Å². The van der Waals surface area contributed by atoms with Crippen LogP contribution in [0.3, 0.4) is 0 Å². The molecule has 0 unspecified atom stereocenters. The van der Waals surface area contributed by atoms with Crippen molar-refractivity contribution >= 4 is 45.9 Å². The maximum Gasteiger partial charge on any atom is 0.262 e. The number of H-pyrrole nitrogens is 1. The van der Waals surface area contributed by atoms with Crippen molar-refractivity contribution in [2.45, 2.75) is 0 Å². The minimum atomic E-state index is -0.291. The summed E-state index contributed by atoms with van der Waals surface area (Å²) in [6, 6.07) is 25.0. The lowest BCUT2D eigenvalue weighted by Crippen LogP contribution is -2.13. The molecule has 0 aliphatic heterocycles. The largest absolute Gasteiger partial charge is 0.326 e. The Bertz CT molecular complexity index is 1460. The Morgan fingerprint density at radius 3 is 2.16 bits per heavy atom. The van der Waals surface area contributed by atoms with E-state index in [1.807, 2.05) is 48.5 Å². The quantitative estimate of drug-likeness (QED) is 0.314. The Balaban J connectivity index is 1.53. The Morgan fingerprint density at radius 1 is 0.781 bits per heavy atom. The first-order valence-electron chi connectivity index (χ1n) is 9.85. The lowest BCUT2D eigenvalue weighted by atomic mass is 9.99. The molecule has 0 saturated carbocycles. The molecule has 0 radical (unpaired) electrons. The maximum atomic E-state index is 13.0. The summed E-state index contributed by atoms with van der Waals surface area (Å²) in [6.45, 7) is 0. The molecule has 0 saturated heterocycles. The van der Waals surface area contributed by atoms with Crippen LogP contribution in [0.1, 0.15) is 0 Å². The molecule has 0 aliphatic rings. The Labute approximate surface area is 193 Å². The van der Waals surface area contributed by atoms with Gasteiger partial charge in [0.05, 0.1) is 5.39 Å². The summed E-state index contributed by atoms with van der Waals surface area (Å²) in [7, 11) is 0. The highest BCUT2D eigenvalue weighted by Gasteiger charge is 2.12. The zero-order valence-corrected chi connectivity index (χ0v) is 18.2. The monoisotopic (exact) mass is 458 g/mol. The van der Waals surface area contributed by atoms with Gasteiger partial charge in [0.25, 0.3) is 5.56 Å². The van der Waals surface area contributed by atoms with E-state index in [0.29, 0.717) is 26.8 Å². The van der Waals surface area contributed by atoms with Crippen molar-refractivity contribution in [2.75, 3.05) is 5.32 Å². The second kappa shape index (κ2) is 8.46. The summed E-state index contributed by atoms with van der Waals surface area (Å²) in [4.78, 5) is 24.5. The van der Waals surface area contributed by atoms with Gasteiger partial charge < -0.3 is 5.32 Å². The van der Waals surface area contributed by atoms with E-state index in [1.165, 1.54) is 0 Å². The van der Waals surface area contributed by atoms with Gasteiger partial charge in [-0.1, -0.05) is 77.8 Å². The van der Waals surface area contributed by atoms with Gasteiger partial charge in [-0.25, -0.2) is 4.98 Å². The number of halogens is 2. The van der Waals surface area contributed by atoms with Crippen LogP contribution in [-0.2, 0) is 0 Å². The molecule has 0 aliphatic carbocycles. The highest BCUT2D eigenvalue weighted by atomic mass is 35.5. The van der Waals surface area contributed by atoms with Crippen molar-refractivity contribution in [2.24, 2.45) is 0 Å². The van der Waals surface area contributed by atoms with Crippen molar-refractivity contribution in [1.82, 2.24) is 15.0 Å². The number of aromatic amines is 1. The van der Waals surface area contributed by atoms with Crippen LogP contribution >= 0.6 is 23.2 Å². The van der Waals surface area contributed by atoms with Crippen LogP contribution in [-0.4, -0.2) is 15.0 Å². The smallest absolute Gasteiger partial charge is 0.262 e. The predicted molar refractivity (Wildman–Crippen MR) is 131 cm³/mol. The molecule has 5 nitrogen and oxygen atoms in total. The molecule has 3 aromatic carbocycles. The van der Waals surface area contributed by atoms with Crippen LogP contribution in [0.2, 0.25) is 10.0 Å². The molecule has 0 spiro atoms. The topological polar surface area (TPSA) is 70.7 Å². The van der Waals surface area contributed by atoms with Gasteiger partial charge in [-0.05, 0) is 46.5 Å². The number of hydrogen-bond acceptors (Lipinski definition) is 4. The lowest BCUT2D eigenvalue weighted by Gasteiger charge is -2.10. The van der Waals surface area contributed by atoms with Crippen LogP contribution in [0.15, 0.2) is 89.9 Å². The first kappa shape index (κ1) is 20.2. The maximum absolute atomic E-state index is 13.0. The molecule has 0 atom stereocenters. The SMILES string of the molecule is O=c1[nH]c(Nc2cc(Cl)cc(Cl)c2)nc2nccc(-c3ccc(-c4ccccc4)cc3)c12. The van der Waals surface area contributed by atoms with E-state index < -0.39 is 0 Å². The summed E-state index contributed by atoms with van der Waals surface area (Å²) < 4.78 is 0. The molecule has 2 N–H and O–H groups in total. The standard InChI is InChI=1S/C25H16Cl2N4O/c26-18-12-19(27)14-20(13-18)29-25-30-23-22(24(32)31-25)21(10-11-28-23)17-8-6-16(7-9-17)15-4-2-1-3-5-15/h1-14H,(H2,28,29,30,31,32). The number of nitrogens with zero attached hydrogens (tertiary/aromatic N) is 2. The summed E-state index contributed by atoms with van der Waals surface area (Å²) in [6.07, 6.45) is 1.65. The third-order valence-electron chi connectivity index (χ3n) is 5.04. The van der Waals surface area contributed by atoms with Crippen molar-refractivity contribution in [3.63, 3.8) is 0 Å². The average Bonchev–Trinajstić information content (AvgIpc) is 2.79. The molecule has 0 fully saturated rings. The van der Waals surface area contributed by atoms with Crippen molar-refractivity contribution in [1.29, 1.82) is 0 Å². The molecule has 5 aromatic rings. The third-order valence-corrected chi connectivity index (χ3v) is 5.47. The molecule has 2 heterocycles. The number of pyridine rings is 1. The summed E-state index contributed by atoms with van der Waals surface area (Å²) in [5, 5.41) is 4.40. The van der Waals surface area contributed by atoms with E-state index in [4.69, 9.17) is 23.2 Å². The zero-order chi connectivity index (χ0) is 22.1. The summed E-state index contributed by atoms with van der Waals surface area (Å²) in [5.41, 5.74) is 4.57. The number of aromatic nitrogens is 3. The number of nitrogens with one attached hydrogen (secondary N) is 2. The molecule has 5 rings (SSSR count).